The van der Waals surface area contributed by atoms with Crippen LogP contribution in [0.1, 0.15) is 22.5 Å². The van der Waals surface area contributed by atoms with Crippen molar-refractivity contribution in [3.8, 4) is 0 Å². The first-order valence-electron chi connectivity index (χ1n) is 6.10. The first kappa shape index (κ1) is 15.8. The van der Waals surface area contributed by atoms with Gasteiger partial charge in [0, 0.05) is 5.69 Å². The van der Waals surface area contributed by atoms with E-state index in [1.54, 1.807) is 19.9 Å². The standard InChI is InChI=1S/C14H12BrF3N2O/c1-8-12(15)9(2)20(13(21)19-8)7-10-4-3-5-11(6-10)14(16,17)18/h3-6H,7H2,1-2H3. The second-order valence-corrected chi connectivity index (χ2v) is 5.46. The molecule has 2 rings (SSSR count). The molecule has 0 atom stereocenters. The molecule has 0 aliphatic carbocycles. The minimum atomic E-state index is -4.40. The first-order valence-corrected chi connectivity index (χ1v) is 6.89. The molecule has 0 aliphatic heterocycles. The summed E-state index contributed by atoms with van der Waals surface area (Å²) in [6.45, 7) is 3.45. The Balaban J connectivity index is 2.45. The van der Waals surface area contributed by atoms with E-state index in [1.165, 1.54) is 10.6 Å². The Morgan fingerprint density at radius 1 is 1.29 bits per heavy atom. The number of nitrogens with zero attached hydrogens (tertiary/aromatic N) is 2. The summed E-state index contributed by atoms with van der Waals surface area (Å²) in [4.78, 5) is 15.7. The van der Waals surface area contributed by atoms with E-state index in [0.29, 0.717) is 21.4 Å². The second kappa shape index (κ2) is 5.63. The summed E-state index contributed by atoms with van der Waals surface area (Å²) in [5.74, 6) is 0. The van der Waals surface area contributed by atoms with Gasteiger partial charge in [0.05, 0.1) is 22.3 Å². The molecule has 3 nitrogen and oxygen atoms in total. The zero-order chi connectivity index (χ0) is 15.8. The highest BCUT2D eigenvalue weighted by Gasteiger charge is 2.30. The van der Waals surface area contributed by atoms with Crippen molar-refractivity contribution in [1.29, 1.82) is 0 Å². The lowest BCUT2D eigenvalue weighted by molar-refractivity contribution is -0.137. The van der Waals surface area contributed by atoms with Crippen LogP contribution in [0.4, 0.5) is 13.2 Å². The van der Waals surface area contributed by atoms with Crippen molar-refractivity contribution in [1.82, 2.24) is 9.55 Å². The molecule has 0 amide bonds. The van der Waals surface area contributed by atoms with Crippen LogP contribution in [-0.4, -0.2) is 9.55 Å². The SMILES string of the molecule is Cc1nc(=O)n(Cc2cccc(C(F)(F)F)c2)c(C)c1Br. The predicted octanol–water partition coefficient (Wildman–Crippen LogP) is 3.69. The molecule has 21 heavy (non-hydrogen) atoms. The van der Waals surface area contributed by atoms with Crippen molar-refractivity contribution in [2.45, 2.75) is 26.6 Å². The van der Waals surface area contributed by atoms with Gasteiger partial charge < -0.3 is 0 Å². The third kappa shape index (κ3) is 3.34. The molecule has 7 heteroatoms. The van der Waals surface area contributed by atoms with E-state index in [1.807, 2.05) is 0 Å². The van der Waals surface area contributed by atoms with Crippen LogP contribution < -0.4 is 5.69 Å². The molecular weight excluding hydrogens is 349 g/mol. The highest BCUT2D eigenvalue weighted by Crippen LogP contribution is 2.29. The number of rotatable bonds is 2. The summed E-state index contributed by atoms with van der Waals surface area (Å²) in [5, 5.41) is 0. The van der Waals surface area contributed by atoms with Gasteiger partial charge in [0.2, 0.25) is 0 Å². The van der Waals surface area contributed by atoms with Crippen LogP contribution in [0.2, 0.25) is 0 Å². The van der Waals surface area contributed by atoms with Crippen LogP contribution in [0.25, 0.3) is 0 Å². The lowest BCUT2D eigenvalue weighted by Gasteiger charge is -2.13. The number of benzene rings is 1. The van der Waals surface area contributed by atoms with E-state index < -0.39 is 17.4 Å². The lowest BCUT2D eigenvalue weighted by Crippen LogP contribution is -2.27. The lowest BCUT2D eigenvalue weighted by atomic mass is 10.1. The van der Waals surface area contributed by atoms with Crippen molar-refractivity contribution in [2.24, 2.45) is 0 Å². The van der Waals surface area contributed by atoms with Crippen LogP contribution in [0.3, 0.4) is 0 Å². The van der Waals surface area contributed by atoms with Crippen LogP contribution >= 0.6 is 15.9 Å². The average molecular weight is 361 g/mol. The molecule has 0 aliphatic rings. The van der Waals surface area contributed by atoms with Crippen LogP contribution in [0.5, 0.6) is 0 Å². The maximum atomic E-state index is 12.7. The van der Waals surface area contributed by atoms with E-state index in [4.69, 9.17) is 0 Å². The highest BCUT2D eigenvalue weighted by atomic mass is 79.9. The van der Waals surface area contributed by atoms with Gasteiger partial charge in [0.25, 0.3) is 0 Å². The number of hydrogen-bond donors (Lipinski definition) is 0. The van der Waals surface area contributed by atoms with E-state index >= 15 is 0 Å². The summed E-state index contributed by atoms with van der Waals surface area (Å²) in [6, 6.07) is 4.92. The Morgan fingerprint density at radius 3 is 2.57 bits per heavy atom. The minimum absolute atomic E-state index is 0.0421. The molecule has 1 aromatic heterocycles. The first-order chi connectivity index (χ1) is 9.70. The largest absolute Gasteiger partial charge is 0.416 e. The van der Waals surface area contributed by atoms with E-state index in [0.717, 1.165) is 12.1 Å². The summed E-state index contributed by atoms with van der Waals surface area (Å²) >= 11 is 3.32. The van der Waals surface area contributed by atoms with Gasteiger partial charge in [-0.1, -0.05) is 12.1 Å². The molecule has 0 spiro atoms. The normalized spacial score (nSPS) is 11.7. The number of hydrogen-bond acceptors (Lipinski definition) is 2. The Hall–Kier alpha value is -1.63. The molecule has 112 valence electrons. The average Bonchev–Trinajstić information content (AvgIpc) is 2.41. The summed E-state index contributed by atoms with van der Waals surface area (Å²) in [7, 11) is 0. The fraction of sp³-hybridized carbons (Fsp3) is 0.286. The number of halogens is 4. The maximum Gasteiger partial charge on any atom is 0.416 e. The molecule has 0 N–H and O–H groups in total. The molecule has 1 aromatic carbocycles. The van der Waals surface area contributed by atoms with Gasteiger partial charge in [-0.25, -0.2) is 4.79 Å². The van der Waals surface area contributed by atoms with Crippen molar-refractivity contribution in [3.05, 3.63) is 61.7 Å². The molecule has 1 heterocycles. The predicted molar refractivity (Wildman–Crippen MR) is 76.2 cm³/mol. The number of aromatic nitrogens is 2. The van der Waals surface area contributed by atoms with E-state index in [2.05, 4.69) is 20.9 Å². The quantitative estimate of drug-likeness (QED) is 0.818. The minimum Gasteiger partial charge on any atom is -0.291 e. The van der Waals surface area contributed by atoms with Crippen molar-refractivity contribution in [2.75, 3.05) is 0 Å². The Morgan fingerprint density at radius 2 is 1.95 bits per heavy atom. The Bertz CT molecular complexity index is 738. The molecule has 0 unspecified atom stereocenters. The zero-order valence-electron chi connectivity index (χ0n) is 11.3. The summed E-state index contributed by atoms with van der Waals surface area (Å²) < 4.78 is 40.1. The zero-order valence-corrected chi connectivity index (χ0v) is 12.9. The van der Waals surface area contributed by atoms with Gasteiger partial charge in [0.1, 0.15) is 0 Å². The Kier molecular flexibility index (Phi) is 4.22. The highest BCUT2D eigenvalue weighted by molar-refractivity contribution is 9.10. The van der Waals surface area contributed by atoms with Gasteiger partial charge in [-0.15, -0.1) is 0 Å². The molecule has 0 radical (unpaired) electrons. The van der Waals surface area contributed by atoms with Crippen molar-refractivity contribution < 1.29 is 13.2 Å². The molecule has 0 bridgehead atoms. The number of aryl methyl sites for hydroxylation is 1. The van der Waals surface area contributed by atoms with E-state index in [-0.39, 0.29) is 6.54 Å². The molecule has 2 aromatic rings. The number of alkyl halides is 3. The van der Waals surface area contributed by atoms with Crippen LogP contribution in [0.15, 0.2) is 33.5 Å². The van der Waals surface area contributed by atoms with Crippen LogP contribution in [-0.2, 0) is 12.7 Å². The van der Waals surface area contributed by atoms with Gasteiger partial charge in [-0.05, 0) is 47.5 Å². The van der Waals surface area contributed by atoms with Gasteiger partial charge in [-0.3, -0.25) is 4.57 Å². The smallest absolute Gasteiger partial charge is 0.291 e. The summed E-state index contributed by atoms with van der Waals surface area (Å²) in [6.07, 6.45) is -4.40. The van der Waals surface area contributed by atoms with Crippen molar-refractivity contribution >= 4 is 15.9 Å². The maximum absolute atomic E-state index is 12.7. The topological polar surface area (TPSA) is 34.9 Å². The summed E-state index contributed by atoms with van der Waals surface area (Å²) in [5.41, 5.74) is 0.366. The van der Waals surface area contributed by atoms with Crippen LogP contribution in [0, 0.1) is 13.8 Å². The van der Waals surface area contributed by atoms with Gasteiger partial charge in [0.15, 0.2) is 0 Å². The van der Waals surface area contributed by atoms with E-state index in [9.17, 15) is 18.0 Å². The fourth-order valence-corrected chi connectivity index (χ4v) is 2.29. The molecule has 0 saturated heterocycles. The second-order valence-electron chi connectivity index (χ2n) is 4.66. The van der Waals surface area contributed by atoms with Gasteiger partial charge >= 0.3 is 11.9 Å². The Labute approximate surface area is 127 Å². The molecule has 0 saturated carbocycles. The van der Waals surface area contributed by atoms with Gasteiger partial charge in [-0.2, -0.15) is 18.2 Å². The molecular formula is C14H12BrF3N2O. The third-order valence-electron chi connectivity index (χ3n) is 3.13. The monoisotopic (exact) mass is 360 g/mol. The molecule has 0 fully saturated rings. The van der Waals surface area contributed by atoms with Crippen molar-refractivity contribution in [3.63, 3.8) is 0 Å². The third-order valence-corrected chi connectivity index (χ3v) is 4.28. The fourth-order valence-electron chi connectivity index (χ4n) is 1.99.